The number of hydrogen-bond acceptors (Lipinski definition) is 8. The molecular formula is C25H33N7O3. The average Bonchev–Trinajstić information content (AvgIpc) is 3.37. The standard InChI is InChI=1S/C25H33N7O3/c1-16(2)23(28-13-17(3)31-26)25(35)32-12-4-5-22(32)24(34)30-21(14-33)19-8-6-18(7-9-19)20-10-11-27-15-29-20/h6-11,13,15-16,21-23,33H,4-5,12,14,26H2,1-3H3,(H,30,34)/t21-,22-,23-/m0/s1. The number of aliphatic imine (C=N–C) groups is 1. The molecule has 0 bridgehead atoms. The number of aromatic nitrogens is 2. The number of hydrazone groups is 1. The summed E-state index contributed by atoms with van der Waals surface area (Å²) in [5.74, 6) is 4.71. The Labute approximate surface area is 205 Å². The fraction of sp³-hybridized carbons (Fsp3) is 0.440. The minimum absolute atomic E-state index is 0.0628. The monoisotopic (exact) mass is 479 g/mol. The second-order valence-electron chi connectivity index (χ2n) is 8.89. The summed E-state index contributed by atoms with van der Waals surface area (Å²) in [6, 6.07) is 7.43. The Hall–Kier alpha value is -3.66. The van der Waals surface area contributed by atoms with Crippen molar-refractivity contribution >= 4 is 23.7 Å². The molecule has 0 spiro atoms. The quantitative estimate of drug-likeness (QED) is 0.283. The minimum atomic E-state index is -0.636. The molecule has 10 heteroatoms. The molecule has 2 heterocycles. The van der Waals surface area contributed by atoms with E-state index in [1.165, 1.54) is 12.5 Å². The van der Waals surface area contributed by atoms with Crippen molar-refractivity contribution in [3.05, 3.63) is 48.4 Å². The summed E-state index contributed by atoms with van der Waals surface area (Å²) in [7, 11) is 0. The number of hydrogen-bond donors (Lipinski definition) is 3. The van der Waals surface area contributed by atoms with E-state index in [9.17, 15) is 14.7 Å². The molecule has 1 aromatic heterocycles. The third-order valence-electron chi connectivity index (χ3n) is 6.04. The van der Waals surface area contributed by atoms with Crippen LogP contribution in [0.25, 0.3) is 11.3 Å². The van der Waals surface area contributed by atoms with Crippen molar-refractivity contribution in [1.82, 2.24) is 20.2 Å². The first-order chi connectivity index (χ1) is 16.8. The molecule has 3 rings (SSSR count). The Morgan fingerprint density at radius 1 is 1.29 bits per heavy atom. The van der Waals surface area contributed by atoms with Gasteiger partial charge in [0, 0.05) is 24.5 Å². The van der Waals surface area contributed by atoms with Crippen molar-refractivity contribution in [2.45, 2.75) is 51.7 Å². The molecule has 1 saturated heterocycles. The molecule has 0 radical (unpaired) electrons. The lowest BCUT2D eigenvalue weighted by Crippen LogP contribution is -2.50. The zero-order chi connectivity index (χ0) is 25.4. The maximum absolute atomic E-state index is 13.3. The lowest BCUT2D eigenvalue weighted by atomic mass is 10.0. The highest BCUT2D eigenvalue weighted by molar-refractivity contribution is 6.29. The van der Waals surface area contributed by atoms with Crippen molar-refractivity contribution in [2.75, 3.05) is 13.2 Å². The van der Waals surface area contributed by atoms with Crippen LogP contribution in [0.1, 0.15) is 45.2 Å². The molecule has 1 fully saturated rings. The molecule has 186 valence electrons. The maximum atomic E-state index is 13.3. The Morgan fingerprint density at radius 2 is 2.03 bits per heavy atom. The molecule has 35 heavy (non-hydrogen) atoms. The number of aliphatic hydroxyl groups is 1. The molecule has 10 nitrogen and oxygen atoms in total. The van der Waals surface area contributed by atoms with E-state index in [1.54, 1.807) is 18.0 Å². The van der Waals surface area contributed by atoms with Gasteiger partial charge in [-0.2, -0.15) is 5.10 Å². The average molecular weight is 480 g/mol. The Balaban J connectivity index is 1.71. The second-order valence-corrected chi connectivity index (χ2v) is 8.89. The van der Waals surface area contributed by atoms with E-state index < -0.39 is 18.1 Å². The zero-order valence-corrected chi connectivity index (χ0v) is 20.3. The van der Waals surface area contributed by atoms with Gasteiger partial charge in [-0.05, 0) is 37.3 Å². The summed E-state index contributed by atoms with van der Waals surface area (Å²) >= 11 is 0. The molecule has 2 amide bonds. The lowest BCUT2D eigenvalue weighted by Gasteiger charge is -2.29. The molecule has 1 aromatic carbocycles. The first-order valence-corrected chi connectivity index (χ1v) is 11.7. The maximum Gasteiger partial charge on any atom is 0.248 e. The minimum Gasteiger partial charge on any atom is -0.394 e. The molecule has 0 saturated carbocycles. The van der Waals surface area contributed by atoms with Gasteiger partial charge in [0.25, 0.3) is 0 Å². The lowest BCUT2D eigenvalue weighted by molar-refractivity contribution is -0.140. The van der Waals surface area contributed by atoms with E-state index in [0.29, 0.717) is 18.7 Å². The van der Waals surface area contributed by atoms with Crippen LogP contribution in [0.15, 0.2) is 52.9 Å². The van der Waals surface area contributed by atoms with Crippen LogP contribution in [0.4, 0.5) is 0 Å². The number of carbonyl (C=O) groups excluding carboxylic acids is 2. The molecule has 3 atom stereocenters. The third-order valence-corrected chi connectivity index (χ3v) is 6.04. The van der Waals surface area contributed by atoms with E-state index in [4.69, 9.17) is 5.84 Å². The van der Waals surface area contributed by atoms with Gasteiger partial charge in [-0.3, -0.25) is 14.6 Å². The van der Waals surface area contributed by atoms with Crippen LogP contribution >= 0.6 is 0 Å². The molecule has 2 aromatic rings. The highest BCUT2D eigenvalue weighted by Gasteiger charge is 2.38. The highest BCUT2D eigenvalue weighted by Crippen LogP contribution is 2.24. The smallest absolute Gasteiger partial charge is 0.248 e. The summed E-state index contributed by atoms with van der Waals surface area (Å²) in [5.41, 5.74) is 2.96. The van der Waals surface area contributed by atoms with E-state index in [-0.39, 0.29) is 24.3 Å². The number of amides is 2. The molecule has 0 aliphatic carbocycles. The molecular weight excluding hydrogens is 446 g/mol. The van der Waals surface area contributed by atoms with Gasteiger partial charge in [-0.1, -0.05) is 38.1 Å². The van der Waals surface area contributed by atoms with Crippen LogP contribution < -0.4 is 11.2 Å². The van der Waals surface area contributed by atoms with Gasteiger partial charge in [0.05, 0.1) is 24.1 Å². The number of likely N-dealkylation sites (tertiary alicyclic amines) is 1. The number of carbonyl (C=O) groups is 2. The van der Waals surface area contributed by atoms with Gasteiger partial charge in [0.2, 0.25) is 11.8 Å². The van der Waals surface area contributed by atoms with Crippen molar-refractivity contribution in [3.8, 4) is 11.3 Å². The topological polar surface area (TPSA) is 146 Å². The summed E-state index contributed by atoms with van der Waals surface area (Å²) in [4.78, 5) is 40.6. The molecule has 0 unspecified atom stereocenters. The number of nitrogens with two attached hydrogens (primary N) is 1. The summed E-state index contributed by atoms with van der Waals surface area (Å²) < 4.78 is 0. The number of nitrogens with zero attached hydrogens (tertiary/aromatic N) is 5. The van der Waals surface area contributed by atoms with E-state index in [0.717, 1.165) is 23.2 Å². The van der Waals surface area contributed by atoms with Gasteiger partial charge >= 0.3 is 0 Å². The van der Waals surface area contributed by atoms with Gasteiger partial charge in [0.1, 0.15) is 18.4 Å². The summed E-state index contributed by atoms with van der Waals surface area (Å²) in [6.07, 6.45) is 5.92. The fourth-order valence-electron chi connectivity index (χ4n) is 4.07. The van der Waals surface area contributed by atoms with Crippen LogP contribution in [-0.4, -0.2) is 69.0 Å². The van der Waals surface area contributed by atoms with Gasteiger partial charge in [-0.25, -0.2) is 9.97 Å². The Kier molecular flexibility index (Phi) is 9.02. The third kappa shape index (κ3) is 6.48. The van der Waals surface area contributed by atoms with E-state index >= 15 is 0 Å². The first-order valence-electron chi connectivity index (χ1n) is 11.7. The van der Waals surface area contributed by atoms with Crippen molar-refractivity contribution < 1.29 is 14.7 Å². The first kappa shape index (κ1) is 26.0. The predicted molar refractivity (Wildman–Crippen MR) is 135 cm³/mol. The molecule has 4 N–H and O–H groups in total. The van der Waals surface area contributed by atoms with Crippen molar-refractivity contribution in [2.24, 2.45) is 21.9 Å². The molecule has 1 aliphatic rings. The van der Waals surface area contributed by atoms with Crippen LogP contribution in [0.2, 0.25) is 0 Å². The fourth-order valence-corrected chi connectivity index (χ4v) is 4.07. The van der Waals surface area contributed by atoms with Crippen molar-refractivity contribution in [3.63, 3.8) is 0 Å². The van der Waals surface area contributed by atoms with E-state index in [2.05, 4.69) is 25.4 Å². The Morgan fingerprint density at radius 3 is 2.63 bits per heavy atom. The van der Waals surface area contributed by atoms with Crippen LogP contribution in [0.3, 0.4) is 0 Å². The molecule has 1 aliphatic heterocycles. The zero-order valence-electron chi connectivity index (χ0n) is 20.3. The van der Waals surface area contributed by atoms with Gasteiger partial charge in [-0.15, -0.1) is 0 Å². The highest BCUT2D eigenvalue weighted by atomic mass is 16.3. The Bertz CT molecular complexity index is 1050. The largest absolute Gasteiger partial charge is 0.394 e. The number of aliphatic hydroxyl groups excluding tert-OH is 1. The summed E-state index contributed by atoms with van der Waals surface area (Å²) in [6.45, 7) is 5.74. The normalized spacial score (nSPS) is 18.1. The predicted octanol–water partition coefficient (Wildman–Crippen LogP) is 1.71. The second kappa shape index (κ2) is 12.2. The number of rotatable bonds is 9. The van der Waals surface area contributed by atoms with E-state index in [1.807, 2.05) is 44.2 Å². The van der Waals surface area contributed by atoms with Gasteiger partial charge in [0.15, 0.2) is 0 Å². The summed E-state index contributed by atoms with van der Waals surface area (Å²) in [5, 5.41) is 16.5. The number of nitrogens with one attached hydrogen (secondary N) is 1. The van der Waals surface area contributed by atoms with Crippen LogP contribution in [-0.2, 0) is 9.59 Å². The van der Waals surface area contributed by atoms with Gasteiger partial charge < -0.3 is 21.2 Å². The number of benzene rings is 1. The van der Waals surface area contributed by atoms with Crippen LogP contribution in [0.5, 0.6) is 0 Å². The SMILES string of the molecule is CC(C=N[C@H](C(=O)N1CCC[C@H]1C(=O)N[C@@H](CO)c1ccc(-c2ccncn2)cc1)C(C)C)=NN. The van der Waals surface area contributed by atoms with Crippen molar-refractivity contribution in [1.29, 1.82) is 0 Å². The van der Waals surface area contributed by atoms with Crippen LogP contribution in [0, 0.1) is 5.92 Å².